The minimum atomic E-state index is -0.347. The second-order valence-electron chi connectivity index (χ2n) is 4.66. The van der Waals surface area contributed by atoms with Crippen molar-refractivity contribution < 1.29 is 5.11 Å². The van der Waals surface area contributed by atoms with Crippen molar-refractivity contribution in [2.75, 3.05) is 6.61 Å². The van der Waals surface area contributed by atoms with Gasteiger partial charge in [0.15, 0.2) is 0 Å². The van der Waals surface area contributed by atoms with Crippen molar-refractivity contribution in [2.24, 2.45) is 5.73 Å². The number of thiophene rings is 1. The van der Waals surface area contributed by atoms with E-state index in [1.165, 1.54) is 4.88 Å². The Balaban J connectivity index is 3.12. The number of halogens is 1. The first-order valence-electron chi connectivity index (χ1n) is 4.95. The molecule has 15 heavy (non-hydrogen) atoms. The van der Waals surface area contributed by atoms with Crippen molar-refractivity contribution in [3.63, 3.8) is 0 Å². The molecule has 0 amide bonds. The van der Waals surface area contributed by atoms with Gasteiger partial charge in [-0.15, -0.1) is 11.3 Å². The molecule has 3 N–H and O–H groups in total. The van der Waals surface area contributed by atoms with Gasteiger partial charge in [0.05, 0.1) is 0 Å². The molecule has 4 heteroatoms. The Labute approximate surface area is 104 Å². The predicted octanol–water partition coefficient (Wildman–Crippen LogP) is 2.89. The van der Waals surface area contributed by atoms with Crippen molar-refractivity contribution in [2.45, 2.75) is 38.1 Å². The molecule has 0 saturated carbocycles. The molecule has 1 unspecified atom stereocenters. The van der Waals surface area contributed by atoms with Gasteiger partial charge in [-0.05, 0) is 42.3 Å². The average molecular weight is 292 g/mol. The molecular weight excluding hydrogens is 274 g/mol. The zero-order valence-electron chi connectivity index (χ0n) is 9.38. The summed E-state index contributed by atoms with van der Waals surface area (Å²) in [5.74, 6) is 0. The van der Waals surface area contributed by atoms with Gasteiger partial charge in [0, 0.05) is 32.3 Å². The maximum atomic E-state index is 9.17. The number of hydrogen-bond acceptors (Lipinski definition) is 3. The molecule has 1 atom stereocenters. The van der Waals surface area contributed by atoms with Crippen LogP contribution in [0.2, 0.25) is 0 Å². The van der Waals surface area contributed by atoms with E-state index in [4.69, 9.17) is 5.73 Å². The maximum absolute atomic E-state index is 9.17. The van der Waals surface area contributed by atoms with Crippen LogP contribution in [0.15, 0.2) is 15.9 Å². The van der Waals surface area contributed by atoms with Crippen molar-refractivity contribution in [1.82, 2.24) is 0 Å². The fourth-order valence-corrected chi connectivity index (χ4v) is 3.38. The molecule has 1 rings (SSSR count). The monoisotopic (exact) mass is 291 g/mol. The summed E-state index contributed by atoms with van der Waals surface area (Å²) in [6, 6.07) is 2.09. The van der Waals surface area contributed by atoms with Gasteiger partial charge in [-0.1, -0.05) is 6.92 Å². The molecule has 0 fully saturated rings. The molecule has 0 aliphatic rings. The summed E-state index contributed by atoms with van der Waals surface area (Å²) in [4.78, 5) is 1.22. The third-order valence-corrected chi connectivity index (χ3v) is 5.10. The highest BCUT2D eigenvalue weighted by Crippen LogP contribution is 2.40. The first-order chi connectivity index (χ1) is 6.81. The fourth-order valence-electron chi connectivity index (χ4n) is 1.59. The predicted molar refractivity (Wildman–Crippen MR) is 69.3 cm³/mol. The standard InChI is InChI=1S/C11H18BrNOS/c1-10(2,13)11(3,4-5-14)9-6-8(12)7-15-9/h6-7,14H,4-5,13H2,1-3H3. The van der Waals surface area contributed by atoms with E-state index >= 15 is 0 Å². The Morgan fingerprint density at radius 2 is 2.07 bits per heavy atom. The van der Waals surface area contributed by atoms with Crippen LogP contribution in [0, 0.1) is 0 Å². The number of nitrogens with two attached hydrogens (primary N) is 1. The molecule has 1 heterocycles. The number of aliphatic hydroxyl groups is 1. The van der Waals surface area contributed by atoms with E-state index in [0.29, 0.717) is 6.42 Å². The Bertz CT molecular complexity index is 332. The summed E-state index contributed by atoms with van der Waals surface area (Å²) in [6.45, 7) is 6.29. The highest BCUT2D eigenvalue weighted by Gasteiger charge is 2.40. The van der Waals surface area contributed by atoms with Crippen LogP contribution in [0.25, 0.3) is 0 Å². The lowest BCUT2D eigenvalue weighted by Crippen LogP contribution is -2.52. The van der Waals surface area contributed by atoms with Gasteiger partial charge in [0.2, 0.25) is 0 Å². The summed E-state index contributed by atoms with van der Waals surface area (Å²) in [6.07, 6.45) is 0.684. The first kappa shape index (κ1) is 13.2. The van der Waals surface area contributed by atoms with E-state index < -0.39 is 0 Å². The molecular formula is C11H18BrNOS. The van der Waals surface area contributed by atoms with Crippen LogP contribution < -0.4 is 5.73 Å². The lowest BCUT2D eigenvalue weighted by Gasteiger charge is -2.41. The molecule has 1 aromatic rings. The van der Waals surface area contributed by atoms with Crippen LogP contribution in [-0.2, 0) is 5.41 Å². The van der Waals surface area contributed by atoms with Crippen LogP contribution >= 0.6 is 27.3 Å². The summed E-state index contributed by atoms with van der Waals surface area (Å²) in [5.41, 5.74) is 5.69. The van der Waals surface area contributed by atoms with E-state index in [2.05, 4.69) is 34.3 Å². The third-order valence-electron chi connectivity index (χ3n) is 3.15. The van der Waals surface area contributed by atoms with Crippen molar-refractivity contribution in [3.05, 3.63) is 20.8 Å². The second kappa shape index (κ2) is 4.53. The minimum Gasteiger partial charge on any atom is -0.396 e. The Morgan fingerprint density at radius 3 is 2.40 bits per heavy atom. The fraction of sp³-hybridized carbons (Fsp3) is 0.636. The Kier molecular flexibility index (Phi) is 3.98. The molecule has 86 valence electrons. The second-order valence-corrected chi connectivity index (χ2v) is 6.48. The molecule has 1 aromatic heterocycles. The van der Waals surface area contributed by atoms with Gasteiger partial charge in [0.1, 0.15) is 0 Å². The number of rotatable bonds is 4. The highest BCUT2D eigenvalue weighted by atomic mass is 79.9. The van der Waals surface area contributed by atoms with E-state index in [-0.39, 0.29) is 17.6 Å². The molecule has 0 bridgehead atoms. The quantitative estimate of drug-likeness (QED) is 0.896. The van der Waals surface area contributed by atoms with Gasteiger partial charge in [0.25, 0.3) is 0 Å². The smallest absolute Gasteiger partial charge is 0.0440 e. The molecule has 0 aromatic carbocycles. The molecule has 0 saturated heterocycles. The van der Waals surface area contributed by atoms with Crippen LogP contribution in [0.3, 0.4) is 0 Å². The van der Waals surface area contributed by atoms with Crippen molar-refractivity contribution in [1.29, 1.82) is 0 Å². The number of hydrogen-bond donors (Lipinski definition) is 2. The normalized spacial score (nSPS) is 16.4. The zero-order chi connectivity index (χ0) is 11.7. The topological polar surface area (TPSA) is 46.2 Å². The van der Waals surface area contributed by atoms with Gasteiger partial charge >= 0.3 is 0 Å². The zero-order valence-corrected chi connectivity index (χ0v) is 11.8. The lowest BCUT2D eigenvalue weighted by atomic mass is 9.70. The molecule has 2 nitrogen and oxygen atoms in total. The van der Waals surface area contributed by atoms with Gasteiger partial charge in [-0.3, -0.25) is 0 Å². The summed E-state index contributed by atoms with van der Waals surface area (Å²) in [7, 11) is 0. The Hall–Kier alpha value is 0.1000. The van der Waals surface area contributed by atoms with Crippen LogP contribution in [0.4, 0.5) is 0 Å². The van der Waals surface area contributed by atoms with Crippen molar-refractivity contribution >= 4 is 27.3 Å². The van der Waals surface area contributed by atoms with E-state index in [9.17, 15) is 5.11 Å². The first-order valence-corrected chi connectivity index (χ1v) is 6.63. The maximum Gasteiger partial charge on any atom is 0.0440 e. The molecule has 0 radical (unpaired) electrons. The average Bonchev–Trinajstić information content (AvgIpc) is 2.50. The summed E-state index contributed by atoms with van der Waals surface area (Å²) >= 11 is 5.13. The molecule has 0 aliphatic heterocycles. The summed E-state index contributed by atoms with van der Waals surface area (Å²) < 4.78 is 1.08. The Morgan fingerprint density at radius 1 is 1.47 bits per heavy atom. The van der Waals surface area contributed by atoms with Crippen LogP contribution in [-0.4, -0.2) is 17.3 Å². The molecule has 0 spiro atoms. The van der Waals surface area contributed by atoms with Gasteiger partial charge in [-0.2, -0.15) is 0 Å². The highest BCUT2D eigenvalue weighted by molar-refractivity contribution is 9.10. The number of aliphatic hydroxyl groups excluding tert-OH is 1. The lowest BCUT2D eigenvalue weighted by molar-refractivity contribution is 0.193. The summed E-state index contributed by atoms with van der Waals surface area (Å²) in [5, 5.41) is 11.2. The van der Waals surface area contributed by atoms with E-state index in [1.54, 1.807) is 11.3 Å². The van der Waals surface area contributed by atoms with Gasteiger partial charge < -0.3 is 10.8 Å². The third kappa shape index (κ3) is 2.61. The van der Waals surface area contributed by atoms with E-state index in [1.807, 2.05) is 13.8 Å². The van der Waals surface area contributed by atoms with Crippen LogP contribution in [0.1, 0.15) is 32.1 Å². The molecule has 0 aliphatic carbocycles. The van der Waals surface area contributed by atoms with E-state index in [0.717, 1.165) is 4.47 Å². The SMILES string of the molecule is CC(C)(N)C(C)(CCO)c1cc(Br)cs1. The minimum absolute atomic E-state index is 0.159. The van der Waals surface area contributed by atoms with Crippen molar-refractivity contribution in [3.8, 4) is 0 Å². The largest absolute Gasteiger partial charge is 0.396 e. The van der Waals surface area contributed by atoms with Gasteiger partial charge in [-0.25, -0.2) is 0 Å². The van der Waals surface area contributed by atoms with Crippen LogP contribution in [0.5, 0.6) is 0 Å².